The summed E-state index contributed by atoms with van der Waals surface area (Å²) in [4.78, 5) is 9.13. The normalized spacial score (nSPS) is 24.9. The maximum atomic E-state index is 6.13. The van der Waals surface area contributed by atoms with Gasteiger partial charge in [-0.25, -0.2) is 9.98 Å². The number of hydrogen-bond acceptors (Lipinski definition) is 5. The van der Waals surface area contributed by atoms with Gasteiger partial charge in [0.25, 0.3) is 0 Å². The van der Waals surface area contributed by atoms with E-state index in [4.69, 9.17) is 19.2 Å². The van der Waals surface area contributed by atoms with Gasteiger partial charge in [-0.1, -0.05) is 6.92 Å². The molecule has 176 valence electrons. The van der Waals surface area contributed by atoms with E-state index in [1.54, 1.807) is 0 Å². The average Bonchev–Trinajstić information content (AvgIpc) is 3.26. The highest BCUT2D eigenvalue weighted by Gasteiger charge is 2.20. The van der Waals surface area contributed by atoms with Crippen LogP contribution in [0.5, 0.6) is 5.88 Å². The Morgan fingerprint density at radius 3 is 2.77 bits per heavy atom. The smallest absolute Gasteiger partial charge is 0.213 e. The minimum Gasteiger partial charge on any atom is -0.474 e. The molecule has 2 aliphatic rings. The average molecular weight is 546 g/mol. The lowest BCUT2D eigenvalue weighted by atomic mass is 9.89. The molecular weight excluding hydrogens is 507 g/mol. The molecular formula is C23H39IN4O3. The molecule has 8 heteroatoms. The molecule has 7 nitrogen and oxygen atoms in total. The predicted octanol–water partition coefficient (Wildman–Crippen LogP) is 3.91. The predicted molar refractivity (Wildman–Crippen MR) is 134 cm³/mol. The first kappa shape index (κ1) is 26.1. The van der Waals surface area contributed by atoms with Gasteiger partial charge in [0.1, 0.15) is 6.10 Å². The number of ether oxygens (including phenoxy) is 3. The van der Waals surface area contributed by atoms with Crippen LogP contribution < -0.4 is 15.4 Å². The fourth-order valence-corrected chi connectivity index (χ4v) is 3.82. The number of aliphatic imine (C=N–C) groups is 1. The summed E-state index contributed by atoms with van der Waals surface area (Å²) in [5.74, 6) is 2.31. The molecule has 1 aliphatic carbocycles. The molecule has 2 heterocycles. The Morgan fingerprint density at radius 2 is 2.06 bits per heavy atom. The highest BCUT2D eigenvalue weighted by Crippen LogP contribution is 2.26. The van der Waals surface area contributed by atoms with Crippen LogP contribution in [0.4, 0.5) is 0 Å². The Bertz CT molecular complexity index is 662. The molecule has 1 aliphatic heterocycles. The molecule has 2 unspecified atom stereocenters. The van der Waals surface area contributed by atoms with Crippen molar-refractivity contribution in [3.05, 3.63) is 23.9 Å². The van der Waals surface area contributed by atoms with Crippen molar-refractivity contribution in [2.75, 3.05) is 26.4 Å². The van der Waals surface area contributed by atoms with Crippen molar-refractivity contribution < 1.29 is 14.2 Å². The van der Waals surface area contributed by atoms with E-state index in [2.05, 4.69) is 36.4 Å². The molecule has 2 fully saturated rings. The minimum atomic E-state index is 0. The molecule has 1 saturated heterocycles. The van der Waals surface area contributed by atoms with Crippen molar-refractivity contribution in [3.8, 4) is 5.88 Å². The van der Waals surface area contributed by atoms with Crippen LogP contribution in [0.1, 0.15) is 58.4 Å². The number of guanidine groups is 1. The van der Waals surface area contributed by atoms with Gasteiger partial charge in [-0.2, -0.15) is 0 Å². The fraction of sp³-hybridized carbons (Fsp3) is 0.739. The van der Waals surface area contributed by atoms with Crippen LogP contribution in [0.2, 0.25) is 0 Å². The molecule has 0 bridgehead atoms. The lowest BCUT2D eigenvalue weighted by molar-refractivity contribution is 0.0347. The second-order valence-electron chi connectivity index (χ2n) is 8.56. The lowest BCUT2D eigenvalue weighted by Crippen LogP contribution is -2.44. The maximum Gasteiger partial charge on any atom is 0.213 e. The Labute approximate surface area is 204 Å². The number of halogens is 1. The van der Waals surface area contributed by atoms with Crippen LogP contribution in [0.15, 0.2) is 23.3 Å². The first-order valence-electron chi connectivity index (χ1n) is 11.5. The van der Waals surface area contributed by atoms with Gasteiger partial charge in [-0.05, 0) is 63.5 Å². The quantitative estimate of drug-likeness (QED) is 0.278. The molecule has 31 heavy (non-hydrogen) atoms. The van der Waals surface area contributed by atoms with E-state index in [-0.39, 0.29) is 42.2 Å². The Morgan fingerprint density at radius 1 is 1.26 bits per heavy atom. The van der Waals surface area contributed by atoms with E-state index in [1.165, 1.54) is 12.8 Å². The van der Waals surface area contributed by atoms with Gasteiger partial charge in [0, 0.05) is 31.5 Å². The summed E-state index contributed by atoms with van der Waals surface area (Å²) in [6.45, 7) is 10.00. The van der Waals surface area contributed by atoms with Gasteiger partial charge >= 0.3 is 0 Å². The molecule has 2 N–H and O–H groups in total. The highest BCUT2D eigenvalue weighted by atomic mass is 127. The molecule has 0 radical (unpaired) electrons. The Balaban J connectivity index is 0.00000341. The van der Waals surface area contributed by atoms with Crippen molar-refractivity contribution in [1.82, 2.24) is 15.6 Å². The third-order valence-corrected chi connectivity index (χ3v) is 5.67. The largest absolute Gasteiger partial charge is 0.474 e. The van der Waals surface area contributed by atoms with Gasteiger partial charge in [0.05, 0.1) is 25.9 Å². The summed E-state index contributed by atoms with van der Waals surface area (Å²) in [6.07, 6.45) is 8.01. The Hall–Kier alpha value is -1.13. The number of hydrogen-bond donors (Lipinski definition) is 2. The third kappa shape index (κ3) is 9.49. The van der Waals surface area contributed by atoms with Crippen LogP contribution in [0, 0.1) is 5.92 Å². The molecule has 3 rings (SSSR count). The number of aromatic nitrogens is 1. The van der Waals surface area contributed by atoms with Crippen LogP contribution in [-0.2, 0) is 16.0 Å². The SMILES string of the molecule is CCNC(=NCc1ccnc(OC2CCC(C)CC2)c1)NC(C)COC1CCOC1.I. The standard InChI is InChI=1S/C23H38N4O3.HI/c1-4-24-23(27-18(3)15-29-21-10-12-28-16-21)26-14-19-9-11-25-22(13-19)30-20-7-5-17(2)6-8-20;/h9,11,13,17-18,20-21H,4-8,10,12,14-16H2,1-3H3,(H2,24,26,27);1H. The summed E-state index contributed by atoms with van der Waals surface area (Å²) >= 11 is 0. The summed E-state index contributed by atoms with van der Waals surface area (Å²) in [5, 5.41) is 6.73. The zero-order valence-corrected chi connectivity index (χ0v) is 21.5. The molecule has 0 spiro atoms. The van der Waals surface area contributed by atoms with Gasteiger partial charge in [-0.3, -0.25) is 0 Å². The van der Waals surface area contributed by atoms with Crippen LogP contribution in [-0.4, -0.2) is 55.6 Å². The monoisotopic (exact) mass is 546 g/mol. The van der Waals surface area contributed by atoms with Crippen molar-refractivity contribution >= 4 is 29.9 Å². The minimum absolute atomic E-state index is 0. The highest BCUT2D eigenvalue weighted by molar-refractivity contribution is 14.0. The lowest BCUT2D eigenvalue weighted by Gasteiger charge is -2.26. The van der Waals surface area contributed by atoms with E-state index in [9.17, 15) is 0 Å². The number of nitrogens with zero attached hydrogens (tertiary/aromatic N) is 2. The third-order valence-electron chi connectivity index (χ3n) is 5.67. The van der Waals surface area contributed by atoms with E-state index >= 15 is 0 Å². The molecule has 1 aromatic rings. The summed E-state index contributed by atoms with van der Waals surface area (Å²) in [5.41, 5.74) is 1.09. The topological polar surface area (TPSA) is 77.0 Å². The van der Waals surface area contributed by atoms with Crippen molar-refractivity contribution in [1.29, 1.82) is 0 Å². The van der Waals surface area contributed by atoms with E-state index < -0.39 is 0 Å². The Kier molecular flexibility index (Phi) is 11.9. The zero-order valence-electron chi connectivity index (χ0n) is 19.1. The van der Waals surface area contributed by atoms with E-state index in [1.807, 2.05) is 18.3 Å². The molecule has 0 aromatic carbocycles. The molecule has 1 saturated carbocycles. The van der Waals surface area contributed by atoms with Gasteiger partial charge in [-0.15, -0.1) is 24.0 Å². The van der Waals surface area contributed by atoms with Crippen molar-refractivity contribution in [2.45, 2.75) is 77.7 Å². The second kappa shape index (κ2) is 14.1. The second-order valence-corrected chi connectivity index (χ2v) is 8.56. The van der Waals surface area contributed by atoms with E-state index in [0.717, 1.165) is 49.9 Å². The zero-order chi connectivity index (χ0) is 21.2. The number of pyridine rings is 1. The van der Waals surface area contributed by atoms with Crippen molar-refractivity contribution in [2.24, 2.45) is 10.9 Å². The van der Waals surface area contributed by atoms with E-state index in [0.29, 0.717) is 25.6 Å². The summed E-state index contributed by atoms with van der Waals surface area (Å²) in [7, 11) is 0. The molecule has 2 atom stereocenters. The number of nitrogens with one attached hydrogen (secondary N) is 2. The van der Waals surface area contributed by atoms with Gasteiger partial charge in [0.15, 0.2) is 5.96 Å². The molecule has 0 amide bonds. The summed E-state index contributed by atoms with van der Waals surface area (Å²) < 4.78 is 17.4. The summed E-state index contributed by atoms with van der Waals surface area (Å²) in [6, 6.07) is 4.17. The van der Waals surface area contributed by atoms with Crippen LogP contribution >= 0.6 is 24.0 Å². The first-order valence-corrected chi connectivity index (χ1v) is 11.5. The maximum absolute atomic E-state index is 6.13. The first-order chi connectivity index (χ1) is 14.6. The van der Waals surface area contributed by atoms with Crippen LogP contribution in [0.25, 0.3) is 0 Å². The van der Waals surface area contributed by atoms with Crippen LogP contribution in [0.3, 0.4) is 0 Å². The van der Waals surface area contributed by atoms with Gasteiger partial charge in [0.2, 0.25) is 5.88 Å². The van der Waals surface area contributed by atoms with Crippen molar-refractivity contribution in [3.63, 3.8) is 0 Å². The number of rotatable bonds is 9. The fourth-order valence-electron chi connectivity index (χ4n) is 3.82. The van der Waals surface area contributed by atoms with Gasteiger partial charge < -0.3 is 24.8 Å². The molecule has 1 aromatic heterocycles.